The predicted molar refractivity (Wildman–Crippen MR) is 105 cm³/mol. The van der Waals surface area contributed by atoms with E-state index in [4.69, 9.17) is 10.00 Å². The Morgan fingerprint density at radius 1 is 1.14 bits per heavy atom. The Balaban J connectivity index is 1.52. The maximum absolute atomic E-state index is 12.3. The Labute approximate surface area is 163 Å². The molecule has 0 unspecified atom stereocenters. The van der Waals surface area contributed by atoms with Gasteiger partial charge in [0.15, 0.2) is 6.61 Å². The fourth-order valence-corrected chi connectivity index (χ4v) is 3.34. The van der Waals surface area contributed by atoms with Gasteiger partial charge in [-0.3, -0.25) is 9.89 Å². The summed E-state index contributed by atoms with van der Waals surface area (Å²) < 4.78 is 5.84. The van der Waals surface area contributed by atoms with Crippen LogP contribution in [0.5, 0.6) is 5.75 Å². The monoisotopic (exact) mass is 372 g/mol. The lowest BCUT2D eigenvalue weighted by atomic mass is 10.1. The van der Waals surface area contributed by atoms with E-state index >= 15 is 0 Å². The van der Waals surface area contributed by atoms with Crippen molar-refractivity contribution in [1.82, 2.24) is 15.1 Å². The highest BCUT2D eigenvalue weighted by atomic mass is 16.5. The number of nitriles is 1. The van der Waals surface area contributed by atoms with Gasteiger partial charge in [0.05, 0.1) is 23.0 Å². The molecule has 1 aromatic heterocycles. The molecule has 1 amide bonds. The lowest BCUT2D eigenvalue weighted by Crippen LogP contribution is -2.32. The van der Waals surface area contributed by atoms with Crippen molar-refractivity contribution in [2.75, 3.05) is 19.7 Å². The molecule has 1 aliphatic rings. The number of aromatic amines is 1. The van der Waals surface area contributed by atoms with Gasteiger partial charge in [-0.1, -0.05) is 24.3 Å². The standard InChI is InChI=1S/C22H20N4O2/c23-14-16-7-9-17(10-8-16)19-13-20(25-24-19)18-5-1-2-6-21(18)28-15-22(27)26-11-3-4-12-26/h1-2,5-10,13H,3-4,11-12,15H2,(H,24,25). The highest BCUT2D eigenvalue weighted by Gasteiger charge is 2.19. The van der Waals surface area contributed by atoms with E-state index in [-0.39, 0.29) is 12.5 Å². The summed E-state index contributed by atoms with van der Waals surface area (Å²) in [6.07, 6.45) is 2.13. The predicted octanol–water partition coefficient (Wildman–Crippen LogP) is 3.62. The van der Waals surface area contributed by atoms with Crippen LogP contribution >= 0.6 is 0 Å². The normalized spacial score (nSPS) is 13.3. The zero-order chi connectivity index (χ0) is 19.3. The fourth-order valence-electron chi connectivity index (χ4n) is 3.34. The third kappa shape index (κ3) is 3.74. The van der Waals surface area contributed by atoms with E-state index in [1.54, 1.807) is 12.1 Å². The van der Waals surface area contributed by atoms with Crippen LogP contribution in [0.2, 0.25) is 0 Å². The molecule has 1 saturated heterocycles. The summed E-state index contributed by atoms with van der Waals surface area (Å²) in [5.74, 6) is 0.667. The molecule has 0 radical (unpaired) electrons. The number of carbonyl (C=O) groups is 1. The second kappa shape index (κ2) is 7.97. The minimum absolute atomic E-state index is 0.0233. The molecule has 3 aromatic rings. The summed E-state index contributed by atoms with van der Waals surface area (Å²) in [5, 5.41) is 16.3. The largest absolute Gasteiger partial charge is 0.483 e. The Bertz CT molecular complexity index is 1010. The average Bonchev–Trinajstić information content (AvgIpc) is 3.45. The number of hydrogen-bond donors (Lipinski definition) is 1. The molecule has 1 N–H and O–H groups in total. The summed E-state index contributed by atoms with van der Waals surface area (Å²) in [4.78, 5) is 14.1. The van der Waals surface area contributed by atoms with Gasteiger partial charge >= 0.3 is 0 Å². The highest BCUT2D eigenvalue weighted by Crippen LogP contribution is 2.31. The molecule has 0 spiro atoms. The minimum atomic E-state index is 0.0233. The summed E-state index contributed by atoms with van der Waals surface area (Å²) in [7, 11) is 0. The van der Waals surface area contributed by atoms with Gasteiger partial charge in [-0.15, -0.1) is 0 Å². The van der Waals surface area contributed by atoms with Crippen molar-refractivity contribution < 1.29 is 9.53 Å². The molecule has 4 rings (SSSR count). The summed E-state index contributed by atoms with van der Waals surface area (Å²) in [5.41, 5.74) is 3.97. The second-order valence-corrected chi connectivity index (χ2v) is 6.73. The molecule has 1 fully saturated rings. The van der Waals surface area contributed by atoms with Crippen molar-refractivity contribution in [2.24, 2.45) is 0 Å². The maximum atomic E-state index is 12.3. The first-order valence-corrected chi connectivity index (χ1v) is 9.30. The van der Waals surface area contributed by atoms with Gasteiger partial charge in [-0.25, -0.2) is 0 Å². The molecule has 2 aromatic carbocycles. The van der Waals surface area contributed by atoms with Crippen LogP contribution in [0.15, 0.2) is 54.6 Å². The summed E-state index contributed by atoms with van der Waals surface area (Å²) in [6, 6.07) is 18.9. The third-order valence-corrected chi connectivity index (χ3v) is 4.87. The Hall–Kier alpha value is -3.59. The van der Waals surface area contributed by atoms with E-state index in [9.17, 15) is 4.79 Å². The van der Waals surface area contributed by atoms with E-state index in [0.717, 1.165) is 48.4 Å². The van der Waals surface area contributed by atoms with Gasteiger partial charge in [-0.2, -0.15) is 10.4 Å². The van der Waals surface area contributed by atoms with Crippen LogP contribution in [0.4, 0.5) is 0 Å². The molecule has 6 heteroatoms. The number of likely N-dealkylation sites (tertiary alicyclic amines) is 1. The number of benzene rings is 2. The van der Waals surface area contributed by atoms with Crippen molar-refractivity contribution in [3.8, 4) is 34.3 Å². The number of para-hydroxylation sites is 1. The summed E-state index contributed by atoms with van der Waals surface area (Å²) in [6.45, 7) is 1.67. The summed E-state index contributed by atoms with van der Waals surface area (Å²) >= 11 is 0. The van der Waals surface area contributed by atoms with Gasteiger partial charge in [0, 0.05) is 24.2 Å². The molecule has 140 valence electrons. The molecule has 0 saturated carbocycles. The zero-order valence-electron chi connectivity index (χ0n) is 15.4. The van der Waals surface area contributed by atoms with Crippen LogP contribution < -0.4 is 4.74 Å². The van der Waals surface area contributed by atoms with Crippen LogP contribution in [0.25, 0.3) is 22.5 Å². The van der Waals surface area contributed by atoms with Crippen molar-refractivity contribution in [3.63, 3.8) is 0 Å². The number of nitrogens with zero attached hydrogens (tertiary/aromatic N) is 3. The lowest BCUT2D eigenvalue weighted by Gasteiger charge is -2.16. The van der Waals surface area contributed by atoms with E-state index in [2.05, 4.69) is 16.3 Å². The first-order chi connectivity index (χ1) is 13.7. The number of ether oxygens (including phenoxy) is 1. The number of rotatable bonds is 5. The Kier molecular flexibility index (Phi) is 5.07. The van der Waals surface area contributed by atoms with Crippen LogP contribution in [-0.4, -0.2) is 40.7 Å². The van der Waals surface area contributed by atoms with Crippen LogP contribution in [0.1, 0.15) is 18.4 Å². The van der Waals surface area contributed by atoms with Crippen molar-refractivity contribution >= 4 is 5.91 Å². The van der Waals surface area contributed by atoms with E-state index < -0.39 is 0 Å². The number of H-pyrrole nitrogens is 1. The quantitative estimate of drug-likeness (QED) is 0.742. The van der Waals surface area contributed by atoms with Gasteiger partial charge in [0.25, 0.3) is 5.91 Å². The lowest BCUT2D eigenvalue weighted by molar-refractivity contribution is -0.132. The molecule has 0 aliphatic carbocycles. The van der Waals surface area contributed by atoms with Gasteiger partial charge in [-0.05, 0) is 43.2 Å². The molecule has 0 bridgehead atoms. The van der Waals surface area contributed by atoms with E-state index in [1.165, 1.54) is 0 Å². The van der Waals surface area contributed by atoms with Crippen LogP contribution in [0, 0.1) is 11.3 Å². The molecule has 2 heterocycles. The molecular formula is C22H20N4O2. The van der Waals surface area contributed by atoms with Gasteiger partial charge < -0.3 is 9.64 Å². The first kappa shape index (κ1) is 17.8. The zero-order valence-corrected chi connectivity index (χ0v) is 15.4. The van der Waals surface area contributed by atoms with Gasteiger partial charge in [0.2, 0.25) is 0 Å². The Morgan fingerprint density at radius 2 is 1.89 bits per heavy atom. The number of nitrogens with one attached hydrogen (secondary N) is 1. The smallest absolute Gasteiger partial charge is 0.260 e. The molecular weight excluding hydrogens is 352 g/mol. The number of carbonyl (C=O) groups excluding carboxylic acids is 1. The topological polar surface area (TPSA) is 82.0 Å². The maximum Gasteiger partial charge on any atom is 0.260 e. The van der Waals surface area contributed by atoms with Crippen LogP contribution in [-0.2, 0) is 4.79 Å². The van der Waals surface area contributed by atoms with Crippen molar-refractivity contribution in [3.05, 3.63) is 60.2 Å². The number of amides is 1. The van der Waals surface area contributed by atoms with Crippen molar-refractivity contribution in [1.29, 1.82) is 5.26 Å². The minimum Gasteiger partial charge on any atom is -0.483 e. The second-order valence-electron chi connectivity index (χ2n) is 6.73. The highest BCUT2D eigenvalue weighted by molar-refractivity contribution is 5.79. The van der Waals surface area contributed by atoms with E-state index in [0.29, 0.717) is 11.3 Å². The van der Waals surface area contributed by atoms with Crippen molar-refractivity contribution in [2.45, 2.75) is 12.8 Å². The molecule has 0 atom stereocenters. The number of hydrogen-bond acceptors (Lipinski definition) is 4. The van der Waals surface area contributed by atoms with Crippen LogP contribution in [0.3, 0.4) is 0 Å². The molecule has 1 aliphatic heterocycles. The molecule has 6 nitrogen and oxygen atoms in total. The molecule has 28 heavy (non-hydrogen) atoms. The third-order valence-electron chi connectivity index (χ3n) is 4.87. The number of aromatic nitrogens is 2. The van der Waals surface area contributed by atoms with E-state index in [1.807, 2.05) is 47.4 Å². The fraction of sp³-hybridized carbons (Fsp3) is 0.227. The Morgan fingerprint density at radius 3 is 2.64 bits per heavy atom. The first-order valence-electron chi connectivity index (χ1n) is 9.30. The van der Waals surface area contributed by atoms with Gasteiger partial charge in [0.1, 0.15) is 5.75 Å². The SMILES string of the molecule is N#Cc1ccc(-c2cc(-c3ccccc3OCC(=O)N3CCCC3)[nH]n2)cc1. The average molecular weight is 372 g/mol.